The molecule has 0 fully saturated rings. The van der Waals surface area contributed by atoms with Crippen LogP contribution < -0.4 is 5.32 Å². The van der Waals surface area contributed by atoms with Gasteiger partial charge in [-0.3, -0.25) is 0 Å². The molecular formula is C6H9N3O2. The monoisotopic (exact) mass is 155 g/mol. The molecule has 1 rings (SSSR count). The highest BCUT2D eigenvalue weighted by molar-refractivity contribution is 5.84. The number of aromatic nitrogens is 2. The van der Waals surface area contributed by atoms with E-state index in [9.17, 15) is 4.79 Å². The summed E-state index contributed by atoms with van der Waals surface area (Å²) in [5.74, 6) is -0.357. The van der Waals surface area contributed by atoms with E-state index in [1.807, 2.05) is 0 Å². The van der Waals surface area contributed by atoms with Gasteiger partial charge in [-0.25, -0.2) is 9.78 Å². The van der Waals surface area contributed by atoms with E-state index in [2.05, 4.69) is 15.3 Å². The third-order valence-electron chi connectivity index (χ3n) is 1.20. The van der Waals surface area contributed by atoms with Gasteiger partial charge in [-0.1, -0.05) is 0 Å². The van der Waals surface area contributed by atoms with E-state index in [1.54, 1.807) is 7.05 Å². The van der Waals surface area contributed by atoms with Gasteiger partial charge in [0.2, 0.25) is 0 Å². The number of aromatic amines is 1. The van der Waals surface area contributed by atoms with Crippen molar-refractivity contribution < 1.29 is 9.90 Å². The van der Waals surface area contributed by atoms with E-state index >= 15 is 0 Å². The molecule has 0 aromatic carbocycles. The Morgan fingerprint density at radius 2 is 2.64 bits per heavy atom. The first-order valence-electron chi connectivity index (χ1n) is 3.16. The van der Waals surface area contributed by atoms with Crippen LogP contribution in [0.4, 0.5) is 0 Å². The molecule has 1 aromatic rings. The number of aromatic carboxylic acids is 1. The van der Waals surface area contributed by atoms with Gasteiger partial charge in [-0.2, -0.15) is 0 Å². The van der Waals surface area contributed by atoms with Crippen molar-refractivity contribution >= 4 is 5.97 Å². The quantitative estimate of drug-likeness (QED) is 0.566. The first kappa shape index (κ1) is 7.74. The summed E-state index contributed by atoms with van der Waals surface area (Å²) < 4.78 is 0. The minimum atomic E-state index is -0.986. The minimum Gasteiger partial charge on any atom is -0.477 e. The number of nitrogens with zero attached hydrogens (tertiary/aromatic N) is 1. The number of hydrogen-bond acceptors (Lipinski definition) is 3. The molecule has 1 heterocycles. The second-order valence-corrected chi connectivity index (χ2v) is 2.08. The second kappa shape index (κ2) is 3.16. The Bertz CT molecular complexity index is 256. The van der Waals surface area contributed by atoms with E-state index in [0.29, 0.717) is 12.4 Å². The van der Waals surface area contributed by atoms with Crippen LogP contribution >= 0.6 is 0 Å². The third kappa shape index (κ3) is 1.78. The summed E-state index contributed by atoms with van der Waals surface area (Å²) in [6.45, 7) is 0.549. The molecule has 0 aliphatic rings. The zero-order valence-electron chi connectivity index (χ0n) is 6.09. The van der Waals surface area contributed by atoms with Crippen molar-refractivity contribution in [2.75, 3.05) is 7.05 Å². The Kier molecular flexibility index (Phi) is 2.22. The Hall–Kier alpha value is -1.36. The zero-order valence-corrected chi connectivity index (χ0v) is 6.09. The predicted molar refractivity (Wildman–Crippen MR) is 38.3 cm³/mol. The Morgan fingerprint density at radius 1 is 1.91 bits per heavy atom. The molecule has 0 aliphatic heterocycles. The summed E-state index contributed by atoms with van der Waals surface area (Å²) in [4.78, 5) is 16.8. The van der Waals surface area contributed by atoms with E-state index < -0.39 is 5.97 Å². The lowest BCUT2D eigenvalue weighted by Gasteiger charge is -1.90. The predicted octanol–water partition coefficient (Wildman–Crippen LogP) is -0.173. The molecule has 0 unspecified atom stereocenters. The molecule has 0 amide bonds. The van der Waals surface area contributed by atoms with Crippen LogP contribution in [0.3, 0.4) is 0 Å². The van der Waals surface area contributed by atoms with Gasteiger partial charge in [0.15, 0.2) is 0 Å². The first-order chi connectivity index (χ1) is 5.24. The lowest BCUT2D eigenvalue weighted by atomic mass is 10.5. The van der Waals surface area contributed by atoms with Crippen molar-refractivity contribution in [2.45, 2.75) is 6.54 Å². The van der Waals surface area contributed by atoms with Gasteiger partial charge in [-0.15, -0.1) is 0 Å². The van der Waals surface area contributed by atoms with Crippen LogP contribution in [-0.4, -0.2) is 28.1 Å². The summed E-state index contributed by atoms with van der Waals surface area (Å²) in [6.07, 6.45) is 1.30. The fourth-order valence-electron chi connectivity index (χ4n) is 0.728. The fourth-order valence-corrected chi connectivity index (χ4v) is 0.728. The van der Waals surface area contributed by atoms with Gasteiger partial charge in [0.05, 0.1) is 12.7 Å². The molecule has 3 N–H and O–H groups in total. The smallest absolute Gasteiger partial charge is 0.353 e. The van der Waals surface area contributed by atoms with Gasteiger partial charge in [-0.05, 0) is 7.05 Å². The standard InChI is InChI=1S/C6H9N3O2/c1-7-3-5-8-2-4(9-5)6(10)11/h2,7H,3H2,1H3,(H,8,9)(H,10,11). The lowest BCUT2D eigenvalue weighted by molar-refractivity contribution is 0.0691. The number of imidazole rings is 1. The van der Waals surface area contributed by atoms with Crippen LogP contribution in [-0.2, 0) is 6.54 Å². The molecule has 0 saturated heterocycles. The summed E-state index contributed by atoms with van der Waals surface area (Å²) in [7, 11) is 1.77. The topological polar surface area (TPSA) is 78.0 Å². The number of carboxylic acid groups (broad SMARTS) is 1. The van der Waals surface area contributed by atoms with Crippen molar-refractivity contribution in [1.82, 2.24) is 15.3 Å². The summed E-state index contributed by atoms with van der Waals surface area (Å²) in [5.41, 5.74) is 0.121. The molecular weight excluding hydrogens is 146 g/mol. The molecule has 0 aliphatic carbocycles. The lowest BCUT2D eigenvalue weighted by Crippen LogP contribution is -2.07. The van der Waals surface area contributed by atoms with Gasteiger partial charge in [0.25, 0.3) is 0 Å². The van der Waals surface area contributed by atoms with Gasteiger partial charge in [0.1, 0.15) is 11.5 Å². The van der Waals surface area contributed by atoms with Crippen molar-refractivity contribution in [2.24, 2.45) is 0 Å². The molecule has 0 radical (unpaired) electrons. The van der Waals surface area contributed by atoms with Crippen LogP contribution in [0.15, 0.2) is 6.20 Å². The van der Waals surface area contributed by atoms with Crippen LogP contribution in [0.2, 0.25) is 0 Å². The Labute approximate surface area is 63.5 Å². The van der Waals surface area contributed by atoms with Gasteiger partial charge in [0, 0.05) is 0 Å². The highest BCUT2D eigenvalue weighted by Gasteiger charge is 2.05. The molecule has 60 valence electrons. The number of hydrogen-bond donors (Lipinski definition) is 3. The van der Waals surface area contributed by atoms with E-state index in [4.69, 9.17) is 5.11 Å². The minimum absolute atomic E-state index is 0.121. The Balaban J connectivity index is 2.73. The largest absolute Gasteiger partial charge is 0.477 e. The van der Waals surface area contributed by atoms with Crippen LogP contribution in [0.5, 0.6) is 0 Å². The van der Waals surface area contributed by atoms with Crippen LogP contribution in [0.25, 0.3) is 0 Å². The molecule has 1 aromatic heterocycles. The average molecular weight is 155 g/mol. The van der Waals surface area contributed by atoms with Crippen molar-refractivity contribution in [3.05, 3.63) is 17.7 Å². The molecule has 5 heteroatoms. The maximum absolute atomic E-state index is 10.3. The van der Waals surface area contributed by atoms with Crippen molar-refractivity contribution in [3.63, 3.8) is 0 Å². The maximum Gasteiger partial charge on any atom is 0.353 e. The number of rotatable bonds is 3. The number of carbonyl (C=O) groups is 1. The summed E-state index contributed by atoms with van der Waals surface area (Å²) >= 11 is 0. The number of H-pyrrole nitrogens is 1. The molecule has 0 atom stereocenters. The van der Waals surface area contributed by atoms with E-state index in [0.717, 1.165) is 0 Å². The highest BCUT2D eigenvalue weighted by atomic mass is 16.4. The Morgan fingerprint density at radius 3 is 3.09 bits per heavy atom. The van der Waals surface area contributed by atoms with E-state index in [-0.39, 0.29) is 5.69 Å². The average Bonchev–Trinajstić information content (AvgIpc) is 2.37. The third-order valence-corrected chi connectivity index (χ3v) is 1.20. The number of nitrogens with one attached hydrogen (secondary N) is 2. The van der Waals surface area contributed by atoms with Crippen molar-refractivity contribution in [1.29, 1.82) is 0 Å². The van der Waals surface area contributed by atoms with Crippen LogP contribution in [0.1, 0.15) is 16.3 Å². The second-order valence-electron chi connectivity index (χ2n) is 2.08. The molecule has 0 saturated carbocycles. The molecule has 11 heavy (non-hydrogen) atoms. The summed E-state index contributed by atoms with van der Waals surface area (Å²) in [6, 6.07) is 0. The van der Waals surface area contributed by atoms with Crippen LogP contribution in [0, 0.1) is 0 Å². The first-order valence-corrected chi connectivity index (χ1v) is 3.16. The van der Waals surface area contributed by atoms with Gasteiger partial charge >= 0.3 is 5.97 Å². The van der Waals surface area contributed by atoms with E-state index in [1.165, 1.54) is 6.20 Å². The zero-order chi connectivity index (χ0) is 8.27. The molecule has 0 spiro atoms. The maximum atomic E-state index is 10.3. The number of carboxylic acids is 1. The normalized spacial score (nSPS) is 9.91. The van der Waals surface area contributed by atoms with Crippen molar-refractivity contribution in [3.8, 4) is 0 Å². The van der Waals surface area contributed by atoms with Gasteiger partial charge < -0.3 is 15.4 Å². The summed E-state index contributed by atoms with van der Waals surface area (Å²) in [5, 5.41) is 11.3. The molecule has 5 nitrogen and oxygen atoms in total. The SMILES string of the molecule is CNCc1ncc(C(=O)O)[nH]1. The molecule has 0 bridgehead atoms. The highest BCUT2D eigenvalue weighted by Crippen LogP contribution is 1.95. The fraction of sp³-hybridized carbons (Fsp3) is 0.333.